The second-order valence-electron chi connectivity index (χ2n) is 4.83. The molecule has 0 unspecified atom stereocenters. The summed E-state index contributed by atoms with van der Waals surface area (Å²) < 4.78 is 10.6. The van der Waals surface area contributed by atoms with E-state index >= 15 is 0 Å². The van der Waals surface area contributed by atoms with E-state index in [-0.39, 0.29) is 11.5 Å². The molecule has 1 N–H and O–H groups in total. The monoisotopic (exact) mass is 330 g/mol. The lowest BCUT2D eigenvalue weighted by Gasteiger charge is -2.04. The van der Waals surface area contributed by atoms with Crippen molar-refractivity contribution in [2.24, 2.45) is 0 Å². The zero-order valence-electron chi connectivity index (χ0n) is 11.8. The van der Waals surface area contributed by atoms with Crippen LogP contribution in [0.3, 0.4) is 0 Å². The Bertz CT molecular complexity index is 808. The summed E-state index contributed by atoms with van der Waals surface area (Å²) in [6.07, 6.45) is 1.62. The maximum atomic E-state index is 12.3. The molecular formula is C17H11ClO5. The van der Waals surface area contributed by atoms with Crippen molar-refractivity contribution in [1.82, 2.24) is 0 Å². The van der Waals surface area contributed by atoms with Crippen LogP contribution in [0.15, 0.2) is 48.2 Å². The molecule has 0 aliphatic carbocycles. The predicted molar refractivity (Wildman–Crippen MR) is 84.0 cm³/mol. The lowest BCUT2D eigenvalue weighted by Crippen LogP contribution is -2.09. The average Bonchev–Trinajstić information content (AvgIpc) is 2.83. The molecule has 0 bridgehead atoms. The topological polar surface area (TPSA) is 72.8 Å². The van der Waals surface area contributed by atoms with Crippen LogP contribution in [0.25, 0.3) is 6.08 Å². The van der Waals surface area contributed by atoms with Crippen LogP contribution in [0.1, 0.15) is 15.9 Å². The first-order chi connectivity index (χ1) is 11.0. The van der Waals surface area contributed by atoms with E-state index in [1.54, 1.807) is 36.4 Å². The summed E-state index contributed by atoms with van der Waals surface area (Å²) in [6.45, 7) is -0.458. The molecule has 2 aromatic rings. The van der Waals surface area contributed by atoms with Gasteiger partial charge in [-0.15, -0.1) is 0 Å². The van der Waals surface area contributed by atoms with Crippen molar-refractivity contribution in [3.05, 3.63) is 64.4 Å². The highest BCUT2D eigenvalue weighted by Gasteiger charge is 2.27. The van der Waals surface area contributed by atoms with Crippen molar-refractivity contribution in [2.45, 2.75) is 0 Å². The van der Waals surface area contributed by atoms with Gasteiger partial charge in [-0.2, -0.15) is 0 Å². The summed E-state index contributed by atoms with van der Waals surface area (Å²) >= 11 is 5.82. The molecule has 23 heavy (non-hydrogen) atoms. The van der Waals surface area contributed by atoms with Crippen LogP contribution in [-0.2, 0) is 4.79 Å². The number of ether oxygens (including phenoxy) is 2. The number of carbonyl (C=O) groups is 2. The first kappa shape index (κ1) is 15.1. The smallest absolute Gasteiger partial charge is 0.341 e. The molecule has 1 heterocycles. The summed E-state index contributed by atoms with van der Waals surface area (Å²) in [6, 6.07) is 11.6. The Balaban J connectivity index is 1.83. The van der Waals surface area contributed by atoms with Crippen LogP contribution in [0.5, 0.6) is 11.5 Å². The molecule has 0 aromatic heterocycles. The summed E-state index contributed by atoms with van der Waals surface area (Å²) in [5.41, 5.74) is 1.20. The van der Waals surface area contributed by atoms with Gasteiger partial charge in [0.2, 0.25) is 5.78 Å². The SMILES string of the molecule is O=C(O)COc1ccc2c(c1)O/C(=C\c1ccc(Cl)cc1)C2=O. The average molecular weight is 331 g/mol. The van der Waals surface area contributed by atoms with Gasteiger partial charge in [-0.05, 0) is 35.9 Å². The minimum atomic E-state index is -1.08. The molecule has 6 heteroatoms. The number of rotatable bonds is 4. The van der Waals surface area contributed by atoms with E-state index in [4.69, 9.17) is 26.2 Å². The highest BCUT2D eigenvalue weighted by molar-refractivity contribution is 6.30. The Hall–Kier alpha value is -2.79. The van der Waals surface area contributed by atoms with Crippen molar-refractivity contribution in [2.75, 3.05) is 6.61 Å². The van der Waals surface area contributed by atoms with Crippen LogP contribution in [-0.4, -0.2) is 23.5 Å². The van der Waals surface area contributed by atoms with Crippen molar-refractivity contribution < 1.29 is 24.2 Å². The molecule has 1 aliphatic rings. The largest absolute Gasteiger partial charge is 0.482 e. The molecule has 116 valence electrons. The van der Waals surface area contributed by atoms with Gasteiger partial charge in [-0.25, -0.2) is 4.79 Å². The predicted octanol–water partition coefficient (Wildman–Crippen LogP) is 3.42. The maximum Gasteiger partial charge on any atom is 0.341 e. The molecule has 3 rings (SSSR count). The van der Waals surface area contributed by atoms with E-state index in [0.29, 0.717) is 22.1 Å². The summed E-state index contributed by atoms with van der Waals surface area (Å²) in [7, 11) is 0. The molecule has 0 saturated carbocycles. The third kappa shape index (κ3) is 3.35. The summed E-state index contributed by atoms with van der Waals surface area (Å²) in [4.78, 5) is 22.8. The highest BCUT2D eigenvalue weighted by atomic mass is 35.5. The Labute approximate surface area is 136 Å². The Morgan fingerprint density at radius 2 is 1.96 bits per heavy atom. The lowest BCUT2D eigenvalue weighted by atomic mass is 10.1. The van der Waals surface area contributed by atoms with E-state index in [1.165, 1.54) is 12.1 Å². The van der Waals surface area contributed by atoms with Gasteiger partial charge in [0, 0.05) is 11.1 Å². The van der Waals surface area contributed by atoms with Gasteiger partial charge in [-0.1, -0.05) is 23.7 Å². The molecule has 0 amide bonds. The summed E-state index contributed by atoms with van der Waals surface area (Å²) in [5.74, 6) is -0.451. The Morgan fingerprint density at radius 3 is 2.65 bits per heavy atom. The van der Waals surface area contributed by atoms with E-state index < -0.39 is 12.6 Å². The molecule has 5 nitrogen and oxygen atoms in total. The number of ketones is 1. The van der Waals surface area contributed by atoms with E-state index in [2.05, 4.69) is 0 Å². The molecule has 2 aromatic carbocycles. The lowest BCUT2D eigenvalue weighted by molar-refractivity contribution is -0.139. The first-order valence-corrected chi connectivity index (χ1v) is 7.09. The molecule has 1 aliphatic heterocycles. The quantitative estimate of drug-likeness (QED) is 0.870. The van der Waals surface area contributed by atoms with Crippen LogP contribution in [0, 0.1) is 0 Å². The fourth-order valence-corrected chi connectivity index (χ4v) is 2.24. The van der Waals surface area contributed by atoms with Crippen LogP contribution < -0.4 is 9.47 Å². The number of aliphatic carboxylic acids is 1. The zero-order chi connectivity index (χ0) is 16.4. The highest BCUT2D eigenvalue weighted by Crippen LogP contribution is 2.34. The van der Waals surface area contributed by atoms with Gasteiger partial charge in [-0.3, -0.25) is 4.79 Å². The number of allylic oxidation sites excluding steroid dienone is 1. The van der Waals surface area contributed by atoms with Gasteiger partial charge in [0.25, 0.3) is 0 Å². The molecule has 0 spiro atoms. The number of fused-ring (bicyclic) bond motifs is 1. The number of hydrogen-bond acceptors (Lipinski definition) is 4. The molecule has 0 saturated heterocycles. The number of carbonyl (C=O) groups excluding carboxylic acids is 1. The second kappa shape index (κ2) is 6.14. The maximum absolute atomic E-state index is 12.3. The van der Waals surface area contributed by atoms with Crippen LogP contribution in [0.4, 0.5) is 0 Å². The number of carboxylic acid groups (broad SMARTS) is 1. The van der Waals surface area contributed by atoms with Crippen LogP contribution in [0.2, 0.25) is 5.02 Å². The second-order valence-corrected chi connectivity index (χ2v) is 5.27. The van der Waals surface area contributed by atoms with Crippen molar-refractivity contribution in [3.8, 4) is 11.5 Å². The number of halogens is 1. The van der Waals surface area contributed by atoms with Gasteiger partial charge in [0.05, 0.1) is 5.56 Å². The fourth-order valence-electron chi connectivity index (χ4n) is 2.11. The van der Waals surface area contributed by atoms with E-state index in [9.17, 15) is 9.59 Å². The van der Waals surface area contributed by atoms with Gasteiger partial charge in [0.15, 0.2) is 12.4 Å². The number of benzene rings is 2. The normalized spacial score (nSPS) is 14.5. The van der Waals surface area contributed by atoms with Crippen molar-refractivity contribution in [1.29, 1.82) is 0 Å². The Morgan fingerprint density at radius 1 is 1.22 bits per heavy atom. The minimum absolute atomic E-state index is 0.192. The van der Waals surface area contributed by atoms with Gasteiger partial charge < -0.3 is 14.6 Å². The Kier molecular flexibility index (Phi) is 4.04. The molecular weight excluding hydrogens is 320 g/mol. The minimum Gasteiger partial charge on any atom is -0.482 e. The first-order valence-electron chi connectivity index (χ1n) is 6.71. The van der Waals surface area contributed by atoms with Crippen molar-refractivity contribution >= 4 is 29.4 Å². The van der Waals surface area contributed by atoms with Crippen molar-refractivity contribution in [3.63, 3.8) is 0 Å². The van der Waals surface area contributed by atoms with Crippen LogP contribution >= 0.6 is 11.6 Å². The third-order valence-electron chi connectivity index (χ3n) is 3.17. The number of hydrogen-bond donors (Lipinski definition) is 1. The van der Waals surface area contributed by atoms with Gasteiger partial charge >= 0.3 is 5.97 Å². The van der Waals surface area contributed by atoms with E-state index in [1.807, 2.05) is 0 Å². The molecule has 0 radical (unpaired) electrons. The number of Topliss-reactive ketones (excluding diaryl/α,β-unsaturated/α-hetero) is 1. The molecule has 0 atom stereocenters. The zero-order valence-corrected chi connectivity index (χ0v) is 12.5. The third-order valence-corrected chi connectivity index (χ3v) is 3.42. The summed E-state index contributed by atoms with van der Waals surface area (Å²) in [5, 5.41) is 9.21. The number of carboxylic acids is 1. The fraction of sp³-hybridized carbons (Fsp3) is 0.0588. The van der Waals surface area contributed by atoms with Gasteiger partial charge in [0.1, 0.15) is 11.5 Å². The van der Waals surface area contributed by atoms with E-state index in [0.717, 1.165) is 5.56 Å². The standard InChI is InChI=1S/C17H11ClO5/c18-11-3-1-10(2-4-11)7-15-17(21)13-6-5-12(8-14(13)23-15)22-9-16(19)20/h1-8H,9H2,(H,19,20)/b15-7-. The molecule has 0 fully saturated rings.